The van der Waals surface area contributed by atoms with Crippen molar-refractivity contribution < 1.29 is 19.1 Å². The minimum absolute atomic E-state index is 0.0964. The van der Waals surface area contributed by atoms with Crippen molar-refractivity contribution in [1.29, 1.82) is 0 Å². The van der Waals surface area contributed by atoms with E-state index in [1.54, 1.807) is 13.8 Å². The summed E-state index contributed by atoms with van der Waals surface area (Å²) in [6.07, 6.45) is 0. The van der Waals surface area contributed by atoms with E-state index < -0.39 is 24.9 Å². The van der Waals surface area contributed by atoms with Crippen molar-refractivity contribution >= 4 is 40.0 Å². The van der Waals surface area contributed by atoms with Crippen molar-refractivity contribution in [2.75, 3.05) is 13.2 Å². The van der Waals surface area contributed by atoms with Crippen LogP contribution in [0.25, 0.3) is 11.4 Å². The standard InChI is InChI=1S/C33H31N4O4P/c1-3-40-32(38)29(37-35-31(34-36-37)25-17-9-5-10-18-25)30(33(39)41-4-2)42(26-19-11-6-12-20-26,27-21-13-7-14-22-27)28-23-15-8-16-24-28/h5-24,29H,3-4H2,1-2H3. The Kier molecular flexibility index (Phi) is 9.05. The van der Waals surface area contributed by atoms with Gasteiger partial charge in [0.15, 0.2) is 0 Å². The van der Waals surface area contributed by atoms with E-state index in [1.165, 1.54) is 4.80 Å². The van der Waals surface area contributed by atoms with Crippen molar-refractivity contribution in [3.05, 3.63) is 121 Å². The Labute approximate surface area is 244 Å². The largest absolute Gasteiger partial charge is 0.464 e. The highest BCUT2D eigenvalue weighted by Crippen LogP contribution is 2.48. The molecule has 1 unspecified atom stereocenters. The SMILES string of the molecule is CCOC(=O)C(C(C(=O)OCC)n1nnc(-c2ccccc2)n1)=P(c1ccccc1)(c1ccccc1)c1ccccc1. The topological polar surface area (TPSA) is 96.2 Å². The van der Waals surface area contributed by atoms with Crippen LogP contribution in [0.3, 0.4) is 0 Å². The second kappa shape index (κ2) is 13.2. The fourth-order valence-corrected chi connectivity index (χ4v) is 9.53. The lowest BCUT2D eigenvalue weighted by Crippen LogP contribution is -2.43. The van der Waals surface area contributed by atoms with Crippen LogP contribution in [0.4, 0.5) is 0 Å². The van der Waals surface area contributed by atoms with Gasteiger partial charge in [0.2, 0.25) is 11.9 Å². The molecule has 0 spiro atoms. The van der Waals surface area contributed by atoms with Crippen LogP contribution < -0.4 is 15.9 Å². The predicted molar refractivity (Wildman–Crippen MR) is 166 cm³/mol. The third-order valence-corrected chi connectivity index (χ3v) is 11.1. The highest BCUT2D eigenvalue weighted by molar-refractivity contribution is 7.96. The fourth-order valence-electron chi connectivity index (χ4n) is 5.03. The van der Waals surface area contributed by atoms with Crippen molar-refractivity contribution in [3.63, 3.8) is 0 Å². The Hall–Kier alpha value is -4.81. The highest BCUT2D eigenvalue weighted by atomic mass is 31.2. The molecule has 42 heavy (non-hydrogen) atoms. The lowest BCUT2D eigenvalue weighted by atomic mass is 10.2. The lowest BCUT2D eigenvalue weighted by molar-refractivity contribution is -0.147. The summed E-state index contributed by atoms with van der Waals surface area (Å²) in [5, 5.41) is 16.0. The third-order valence-electron chi connectivity index (χ3n) is 6.74. The first kappa shape index (κ1) is 28.7. The number of hydrogen-bond acceptors (Lipinski definition) is 7. The van der Waals surface area contributed by atoms with Gasteiger partial charge in [-0.15, -0.1) is 15.0 Å². The monoisotopic (exact) mass is 578 g/mol. The van der Waals surface area contributed by atoms with E-state index in [2.05, 4.69) is 15.4 Å². The van der Waals surface area contributed by atoms with Gasteiger partial charge in [-0.3, -0.25) is 0 Å². The number of tetrazole rings is 1. The molecule has 1 aromatic heterocycles. The molecule has 0 saturated carbocycles. The molecule has 0 bridgehead atoms. The van der Waals surface area contributed by atoms with E-state index in [4.69, 9.17) is 9.47 Å². The van der Waals surface area contributed by atoms with Gasteiger partial charge in [0.1, 0.15) is 0 Å². The molecule has 1 heterocycles. The molecule has 0 radical (unpaired) electrons. The van der Waals surface area contributed by atoms with Crippen LogP contribution in [0.1, 0.15) is 19.9 Å². The number of hydrogen-bond donors (Lipinski definition) is 0. The quantitative estimate of drug-likeness (QED) is 0.181. The molecule has 212 valence electrons. The molecule has 0 fully saturated rings. The number of rotatable bonds is 10. The van der Waals surface area contributed by atoms with Crippen LogP contribution in [0.2, 0.25) is 0 Å². The molecule has 0 aliphatic rings. The van der Waals surface area contributed by atoms with E-state index in [0.29, 0.717) is 5.82 Å². The minimum atomic E-state index is -3.10. The molecule has 0 aliphatic carbocycles. The number of benzene rings is 4. The Bertz CT molecular complexity index is 1590. The first-order valence-corrected chi connectivity index (χ1v) is 15.5. The Morgan fingerprint density at radius 1 is 0.690 bits per heavy atom. The van der Waals surface area contributed by atoms with Gasteiger partial charge in [0, 0.05) is 5.56 Å². The van der Waals surface area contributed by atoms with E-state index in [1.807, 2.05) is 121 Å². The summed E-state index contributed by atoms with van der Waals surface area (Å²) < 4.78 is 11.4. The summed E-state index contributed by atoms with van der Waals surface area (Å²) in [6.45, 7) is 0.565. The molecule has 0 aliphatic heterocycles. The average Bonchev–Trinajstić information content (AvgIpc) is 3.53. The van der Waals surface area contributed by atoms with Crippen LogP contribution in [0.15, 0.2) is 121 Å². The van der Waals surface area contributed by atoms with Crippen LogP contribution in [-0.4, -0.2) is 50.7 Å². The van der Waals surface area contributed by atoms with Crippen molar-refractivity contribution in [3.8, 4) is 11.4 Å². The lowest BCUT2D eigenvalue weighted by Gasteiger charge is -2.33. The van der Waals surface area contributed by atoms with Crippen molar-refractivity contribution in [1.82, 2.24) is 20.2 Å². The molecule has 0 N–H and O–H groups in total. The van der Waals surface area contributed by atoms with Gasteiger partial charge >= 0.3 is 11.9 Å². The van der Waals surface area contributed by atoms with Gasteiger partial charge in [0.05, 0.1) is 18.5 Å². The van der Waals surface area contributed by atoms with Crippen LogP contribution in [0.5, 0.6) is 0 Å². The second-order valence-corrected chi connectivity index (χ2v) is 12.6. The number of carbonyl (C=O) groups excluding carboxylic acids is 2. The van der Waals surface area contributed by atoms with Crippen LogP contribution >= 0.6 is 6.89 Å². The molecule has 9 heteroatoms. The van der Waals surface area contributed by atoms with Crippen molar-refractivity contribution in [2.24, 2.45) is 0 Å². The van der Waals surface area contributed by atoms with Gasteiger partial charge < -0.3 is 9.47 Å². The Morgan fingerprint density at radius 2 is 1.14 bits per heavy atom. The second-order valence-electron chi connectivity index (χ2n) is 9.24. The number of esters is 2. The summed E-state index contributed by atoms with van der Waals surface area (Å²) in [6, 6.07) is 37.2. The van der Waals surface area contributed by atoms with Crippen LogP contribution in [0, 0.1) is 0 Å². The molecule has 8 nitrogen and oxygen atoms in total. The minimum Gasteiger partial charge on any atom is -0.464 e. The maximum absolute atomic E-state index is 14.4. The van der Waals surface area contributed by atoms with Gasteiger partial charge in [-0.25, -0.2) is 9.59 Å². The molecule has 1 atom stereocenters. The smallest absolute Gasteiger partial charge is 0.337 e. The summed E-state index contributed by atoms with van der Waals surface area (Å²) in [7, 11) is 0. The molecular formula is C33H31N4O4P. The molecule has 0 amide bonds. The zero-order valence-electron chi connectivity index (χ0n) is 23.4. The Balaban J connectivity index is 1.97. The molecule has 0 saturated heterocycles. The maximum atomic E-state index is 14.4. The molecular weight excluding hydrogens is 547 g/mol. The van der Waals surface area contributed by atoms with Gasteiger partial charge in [-0.2, -0.15) is 0 Å². The molecule has 5 rings (SSSR count). The van der Waals surface area contributed by atoms with E-state index in [-0.39, 0.29) is 18.5 Å². The normalized spacial score (nSPS) is 11.9. The molecule has 4 aromatic carbocycles. The third kappa shape index (κ3) is 5.54. The highest BCUT2D eigenvalue weighted by Gasteiger charge is 2.43. The summed E-state index contributed by atoms with van der Waals surface area (Å²) in [5.74, 6) is -0.986. The average molecular weight is 579 g/mol. The van der Waals surface area contributed by atoms with E-state index >= 15 is 0 Å². The van der Waals surface area contributed by atoms with Gasteiger partial charge in [-0.1, -0.05) is 121 Å². The fraction of sp³-hybridized carbons (Fsp3) is 0.152. The molecule has 5 aromatic rings. The number of aromatic nitrogens is 4. The predicted octanol–water partition coefficient (Wildman–Crippen LogP) is 4.17. The first-order valence-electron chi connectivity index (χ1n) is 13.7. The van der Waals surface area contributed by atoms with E-state index in [0.717, 1.165) is 21.5 Å². The first-order chi connectivity index (χ1) is 20.6. The summed E-state index contributed by atoms with van der Waals surface area (Å²) in [4.78, 5) is 29.6. The maximum Gasteiger partial charge on any atom is 0.337 e. The van der Waals surface area contributed by atoms with E-state index in [9.17, 15) is 9.59 Å². The zero-order chi connectivity index (χ0) is 29.4. The number of ether oxygens (including phenoxy) is 2. The van der Waals surface area contributed by atoms with Crippen LogP contribution in [-0.2, 0) is 19.1 Å². The number of carbonyl (C=O) groups is 2. The van der Waals surface area contributed by atoms with Gasteiger partial charge in [0.25, 0.3) is 0 Å². The van der Waals surface area contributed by atoms with Crippen molar-refractivity contribution in [2.45, 2.75) is 19.9 Å². The number of nitrogens with zero attached hydrogens (tertiary/aromatic N) is 4. The summed E-state index contributed by atoms with van der Waals surface area (Å²) in [5.41, 5.74) is 0.722. The van der Waals surface area contributed by atoms with Gasteiger partial charge in [-0.05, 0) is 41.9 Å². The zero-order valence-corrected chi connectivity index (χ0v) is 24.3. The summed E-state index contributed by atoms with van der Waals surface area (Å²) >= 11 is 0. The Morgan fingerprint density at radius 3 is 1.60 bits per heavy atom.